The van der Waals surface area contributed by atoms with Crippen molar-refractivity contribution in [1.82, 2.24) is 20.2 Å². The lowest BCUT2D eigenvalue weighted by atomic mass is 10.1. The van der Waals surface area contributed by atoms with Gasteiger partial charge in [-0.3, -0.25) is 0 Å². The fourth-order valence-electron chi connectivity index (χ4n) is 2.82. The van der Waals surface area contributed by atoms with Crippen LogP contribution < -0.4 is 10.1 Å². The molecule has 1 aliphatic heterocycles. The summed E-state index contributed by atoms with van der Waals surface area (Å²) >= 11 is 1.64. The van der Waals surface area contributed by atoms with Gasteiger partial charge in [-0.1, -0.05) is 6.07 Å². The van der Waals surface area contributed by atoms with E-state index in [0.717, 1.165) is 30.0 Å². The number of thiophene rings is 1. The van der Waals surface area contributed by atoms with Gasteiger partial charge < -0.3 is 15.0 Å². The summed E-state index contributed by atoms with van der Waals surface area (Å²) in [5, 5.41) is 4.99. The lowest BCUT2D eigenvalue weighted by Gasteiger charge is -2.32. The third-order valence-electron chi connectivity index (χ3n) is 3.89. The monoisotopic (exact) mass is 346 g/mol. The summed E-state index contributed by atoms with van der Waals surface area (Å²) in [5.74, 6) is 1.29. The van der Waals surface area contributed by atoms with Crippen LogP contribution in [0, 0.1) is 13.8 Å². The molecule has 1 fully saturated rings. The predicted molar refractivity (Wildman–Crippen MR) is 93.3 cm³/mol. The number of nitrogens with one attached hydrogen (secondary N) is 1. The Labute approximate surface area is 145 Å². The molecule has 0 aromatic carbocycles. The molecule has 128 valence electrons. The van der Waals surface area contributed by atoms with Crippen LogP contribution in [-0.2, 0) is 6.54 Å². The molecule has 24 heavy (non-hydrogen) atoms. The molecule has 0 radical (unpaired) electrons. The first-order valence-electron chi connectivity index (χ1n) is 8.14. The van der Waals surface area contributed by atoms with Crippen molar-refractivity contribution in [3.63, 3.8) is 0 Å². The maximum absolute atomic E-state index is 12.3. The minimum Gasteiger partial charge on any atom is -0.472 e. The number of amides is 2. The zero-order chi connectivity index (χ0) is 16.9. The van der Waals surface area contributed by atoms with Crippen LogP contribution in [0.4, 0.5) is 4.79 Å². The zero-order valence-electron chi connectivity index (χ0n) is 14.0. The highest BCUT2D eigenvalue weighted by molar-refractivity contribution is 7.09. The molecular weight excluding hydrogens is 324 g/mol. The largest absolute Gasteiger partial charge is 0.472 e. The topological polar surface area (TPSA) is 67.3 Å². The highest BCUT2D eigenvalue weighted by atomic mass is 32.1. The van der Waals surface area contributed by atoms with E-state index in [1.807, 2.05) is 42.3 Å². The standard InChI is InChI=1S/C17H22N4O2S/c1-12-9-16(20-13(2)19-12)23-14-5-3-7-21(11-14)17(22)18-10-15-6-4-8-24-15/h4,6,8-9,14H,3,5,7,10-11H2,1-2H3,(H,18,22). The van der Waals surface area contributed by atoms with Gasteiger partial charge in [0.1, 0.15) is 11.9 Å². The summed E-state index contributed by atoms with van der Waals surface area (Å²) in [7, 11) is 0. The van der Waals surface area contributed by atoms with E-state index in [1.54, 1.807) is 11.3 Å². The van der Waals surface area contributed by atoms with Gasteiger partial charge in [-0.05, 0) is 38.1 Å². The van der Waals surface area contributed by atoms with Gasteiger partial charge in [-0.2, -0.15) is 4.98 Å². The van der Waals surface area contributed by atoms with Crippen LogP contribution in [0.5, 0.6) is 5.88 Å². The Morgan fingerprint density at radius 1 is 1.46 bits per heavy atom. The smallest absolute Gasteiger partial charge is 0.317 e. The van der Waals surface area contributed by atoms with Crippen LogP contribution in [0.3, 0.4) is 0 Å². The van der Waals surface area contributed by atoms with E-state index < -0.39 is 0 Å². The molecule has 1 atom stereocenters. The van der Waals surface area contributed by atoms with Crippen molar-refractivity contribution < 1.29 is 9.53 Å². The number of likely N-dealkylation sites (tertiary alicyclic amines) is 1. The fraction of sp³-hybridized carbons (Fsp3) is 0.471. The second kappa shape index (κ2) is 7.61. The van der Waals surface area contributed by atoms with Crippen molar-refractivity contribution in [3.8, 4) is 5.88 Å². The molecule has 0 aliphatic carbocycles. The number of rotatable bonds is 4. The maximum Gasteiger partial charge on any atom is 0.317 e. The Bertz CT molecular complexity index is 670. The highest BCUT2D eigenvalue weighted by Gasteiger charge is 2.25. The number of carbonyl (C=O) groups is 1. The van der Waals surface area contributed by atoms with Crippen LogP contribution in [0.25, 0.3) is 0 Å². The molecule has 2 aromatic rings. The summed E-state index contributed by atoms with van der Waals surface area (Å²) in [6.45, 7) is 5.69. The van der Waals surface area contributed by atoms with Crippen molar-refractivity contribution in [2.45, 2.75) is 39.3 Å². The first kappa shape index (κ1) is 16.7. The number of ether oxygens (including phenoxy) is 1. The van der Waals surface area contributed by atoms with Gasteiger partial charge in [0.2, 0.25) is 5.88 Å². The number of carbonyl (C=O) groups excluding carboxylic acids is 1. The van der Waals surface area contributed by atoms with Gasteiger partial charge in [0.25, 0.3) is 0 Å². The molecule has 0 bridgehead atoms. The Morgan fingerprint density at radius 2 is 2.33 bits per heavy atom. The third kappa shape index (κ3) is 4.44. The zero-order valence-corrected chi connectivity index (χ0v) is 14.8. The van der Waals surface area contributed by atoms with Crippen LogP contribution in [0.1, 0.15) is 29.2 Å². The van der Waals surface area contributed by atoms with Gasteiger partial charge in [0.15, 0.2) is 0 Å². The van der Waals surface area contributed by atoms with Crippen molar-refractivity contribution in [2.75, 3.05) is 13.1 Å². The predicted octanol–water partition coefficient (Wildman–Crippen LogP) is 2.91. The van der Waals surface area contributed by atoms with Gasteiger partial charge >= 0.3 is 6.03 Å². The Hall–Kier alpha value is -2.15. The molecule has 7 heteroatoms. The summed E-state index contributed by atoms with van der Waals surface area (Å²) < 4.78 is 5.98. The first-order chi connectivity index (χ1) is 11.6. The molecule has 3 rings (SSSR count). The highest BCUT2D eigenvalue weighted by Crippen LogP contribution is 2.18. The summed E-state index contributed by atoms with van der Waals surface area (Å²) in [4.78, 5) is 23.9. The number of aromatic nitrogens is 2. The molecule has 2 aromatic heterocycles. The van der Waals surface area contributed by atoms with Gasteiger partial charge in [0.05, 0.1) is 13.1 Å². The average molecular weight is 346 g/mol. The minimum atomic E-state index is -0.0354. The number of aryl methyl sites for hydroxylation is 2. The summed E-state index contributed by atoms with van der Waals surface area (Å²) in [5.41, 5.74) is 0.888. The second-order valence-electron chi connectivity index (χ2n) is 5.96. The Kier molecular flexibility index (Phi) is 5.30. The Morgan fingerprint density at radius 3 is 3.08 bits per heavy atom. The summed E-state index contributed by atoms with van der Waals surface area (Å²) in [6, 6.07) is 5.81. The minimum absolute atomic E-state index is 0.0278. The molecule has 1 saturated heterocycles. The van der Waals surface area contributed by atoms with Crippen molar-refractivity contribution in [3.05, 3.63) is 40.0 Å². The second-order valence-corrected chi connectivity index (χ2v) is 6.99. The molecular formula is C17H22N4O2S. The molecule has 0 spiro atoms. The average Bonchev–Trinajstić information content (AvgIpc) is 3.05. The molecule has 1 aliphatic rings. The molecule has 1 unspecified atom stereocenters. The van der Waals surface area contributed by atoms with E-state index in [4.69, 9.17) is 4.74 Å². The van der Waals surface area contributed by atoms with Gasteiger partial charge in [-0.25, -0.2) is 9.78 Å². The number of nitrogens with zero attached hydrogens (tertiary/aromatic N) is 3. The molecule has 0 saturated carbocycles. The number of hydrogen-bond acceptors (Lipinski definition) is 5. The van der Waals surface area contributed by atoms with Crippen LogP contribution in [-0.4, -0.2) is 40.1 Å². The lowest BCUT2D eigenvalue weighted by Crippen LogP contribution is -2.48. The van der Waals surface area contributed by atoms with Crippen LogP contribution >= 0.6 is 11.3 Å². The fourth-order valence-corrected chi connectivity index (χ4v) is 3.47. The SMILES string of the molecule is Cc1cc(OC2CCCN(C(=O)NCc3cccs3)C2)nc(C)n1. The number of urea groups is 1. The van der Waals surface area contributed by atoms with Crippen molar-refractivity contribution in [2.24, 2.45) is 0 Å². The number of hydrogen-bond donors (Lipinski definition) is 1. The first-order valence-corrected chi connectivity index (χ1v) is 9.02. The summed E-state index contributed by atoms with van der Waals surface area (Å²) in [6.07, 6.45) is 1.83. The normalized spacial score (nSPS) is 17.6. The molecule has 2 amide bonds. The van der Waals surface area contributed by atoms with Crippen molar-refractivity contribution >= 4 is 17.4 Å². The van der Waals surface area contributed by atoms with E-state index in [2.05, 4.69) is 15.3 Å². The van der Waals surface area contributed by atoms with Gasteiger partial charge in [0, 0.05) is 23.2 Å². The van der Waals surface area contributed by atoms with E-state index >= 15 is 0 Å². The van der Waals surface area contributed by atoms with Gasteiger partial charge in [-0.15, -0.1) is 11.3 Å². The molecule has 6 nitrogen and oxygen atoms in total. The molecule has 1 N–H and O–H groups in total. The lowest BCUT2D eigenvalue weighted by molar-refractivity contribution is 0.0974. The van der Waals surface area contributed by atoms with E-state index in [1.165, 1.54) is 0 Å². The van der Waals surface area contributed by atoms with Crippen LogP contribution in [0.2, 0.25) is 0 Å². The third-order valence-corrected chi connectivity index (χ3v) is 4.77. The number of piperidine rings is 1. The van der Waals surface area contributed by atoms with Crippen LogP contribution in [0.15, 0.2) is 23.6 Å². The van der Waals surface area contributed by atoms with E-state index in [9.17, 15) is 4.79 Å². The molecule has 3 heterocycles. The van der Waals surface area contributed by atoms with E-state index in [-0.39, 0.29) is 12.1 Å². The Balaban J connectivity index is 1.54. The maximum atomic E-state index is 12.3. The quantitative estimate of drug-likeness (QED) is 0.924. The van der Waals surface area contributed by atoms with E-state index in [0.29, 0.717) is 24.8 Å². The van der Waals surface area contributed by atoms with Crippen molar-refractivity contribution in [1.29, 1.82) is 0 Å².